The minimum atomic E-state index is 0.0705. The first-order valence-corrected chi connectivity index (χ1v) is 10.8. The highest BCUT2D eigenvalue weighted by Crippen LogP contribution is 2.28. The summed E-state index contributed by atoms with van der Waals surface area (Å²) in [4.78, 5) is 18.1. The van der Waals surface area contributed by atoms with Gasteiger partial charge < -0.3 is 9.80 Å². The summed E-state index contributed by atoms with van der Waals surface area (Å²) in [5.41, 5.74) is 2.85. The van der Waals surface area contributed by atoms with Gasteiger partial charge in [-0.25, -0.2) is 4.68 Å². The molecule has 1 saturated heterocycles. The van der Waals surface area contributed by atoms with Crippen LogP contribution in [-0.4, -0.2) is 58.7 Å². The van der Waals surface area contributed by atoms with Crippen LogP contribution in [0.3, 0.4) is 0 Å². The molecule has 0 N–H and O–H groups in total. The Bertz CT molecular complexity index is 976. The van der Waals surface area contributed by atoms with E-state index >= 15 is 0 Å². The summed E-state index contributed by atoms with van der Waals surface area (Å²) < 4.78 is 1.88. The van der Waals surface area contributed by atoms with Gasteiger partial charge in [0.05, 0.1) is 10.6 Å². The van der Waals surface area contributed by atoms with Gasteiger partial charge in [-0.1, -0.05) is 24.3 Å². The molecule has 0 aliphatic carbocycles. The fourth-order valence-electron chi connectivity index (χ4n) is 3.67. The van der Waals surface area contributed by atoms with Crippen molar-refractivity contribution in [2.75, 3.05) is 27.2 Å². The molecule has 5 nitrogen and oxygen atoms in total. The van der Waals surface area contributed by atoms with E-state index in [0.717, 1.165) is 47.8 Å². The van der Waals surface area contributed by atoms with E-state index in [9.17, 15) is 4.79 Å². The Morgan fingerprint density at radius 2 is 2.03 bits per heavy atom. The Labute approximate surface area is 175 Å². The molecule has 2 aromatic heterocycles. The molecular weight excluding hydrogens is 380 g/mol. The molecule has 1 aliphatic heterocycles. The number of rotatable bonds is 5. The molecule has 1 atom stereocenters. The number of amides is 1. The molecule has 0 radical (unpaired) electrons. The normalized spacial score (nSPS) is 17.3. The van der Waals surface area contributed by atoms with Gasteiger partial charge in [-0.15, -0.1) is 11.3 Å². The molecule has 1 aliphatic rings. The highest BCUT2D eigenvalue weighted by Gasteiger charge is 2.23. The first kappa shape index (κ1) is 19.6. The third-order valence-corrected chi connectivity index (χ3v) is 6.24. The summed E-state index contributed by atoms with van der Waals surface area (Å²) in [7, 11) is 4.17. The van der Waals surface area contributed by atoms with Crippen LogP contribution in [0.5, 0.6) is 0 Å². The van der Waals surface area contributed by atoms with Crippen molar-refractivity contribution in [1.29, 1.82) is 0 Å². The average molecular weight is 407 g/mol. The highest BCUT2D eigenvalue weighted by atomic mass is 32.1. The van der Waals surface area contributed by atoms with Crippen molar-refractivity contribution in [2.24, 2.45) is 0 Å². The average Bonchev–Trinajstić information content (AvgIpc) is 3.42. The van der Waals surface area contributed by atoms with Gasteiger partial charge in [0, 0.05) is 37.0 Å². The number of thiophene rings is 1. The maximum Gasteiger partial charge on any atom is 0.246 e. The maximum absolute atomic E-state index is 12.8. The lowest BCUT2D eigenvalue weighted by Crippen LogP contribution is -2.47. The number of para-hydroxylation sites is 1. The van der Waals surface area contributed by atoms with E-state index in [0.29, 0.717) is 6.04 Å². The fourth-order valence-corrected chi connectivity index (χ4v) is 4.40. The molecule has 0 saturated carbocycles. The molecule has 0 bridgehead atoms. The summed E-state index contributed by atoms with van der Waals surface area (Å²) in [6.07, 6.45) is 7.79. The minimum Gasteiger partial charge on any atom is -0.338 e. The number of hydrogen-bond donors (Lipinski definition) is 0. The monoisotopic (exact) mass is 406 g/mol. The van der Waals surface area contributed by atoms with E-state index in [1.165, 1.54) is 0 Å². The summed E-state index contributed by atoms with van der Waals surface area (Å²) in [6, 6.07) is 14.6. The smallest absolute Gasteiger partial charge is 0.246 e. The summed E-state index contributed by atoms with van der Waals surface area (Å²) in [6.45, 7) is 1.62. The number of aromatic nitrogens is 2. The van der Waals surface area contributed by atoms with Crippen LogP contribution >= 0.6 is 11.3 Å². The standard InChI is InChI=1S/C23H26N4OS/c1-25(2)20-10-6-14-26(17-20)22(28)13-12-18-16-27(19-8-4-3-5-9-19)24-23(18)21-11-7-15-29-21/h3-5,7-9,11-13,15-16,20H,6,10,14,17H2,1-2H3/b13-12+. The number of likely N-dealkylation sites (tertiary alicyclic amines) is 1. The molecule has 3 heterocycles. The molecule has 150 valence electrons. The van der Waals surface area contributed by atoms with Crippen LogP contribution < -0.4 is 0 Å². The highest BCUT2D eigenvalue weighted by molar-refractivity contribution is 7.13. The van der Waals surface area contributed by atoms with Gasteiger partial charge in [-0.2, -0.15) is 5.10 Å². The van der Waals surface area contributed by atoms with Crippen molar-refractivity contribution in [3.05, 3.63) is 65.7 Å². The quantitative estimate of drug-likeness (QED) is 0.597. The number of likely N-dealkylation sites (N-methyl/N-ethyl adjacent to an activating group) is 1. The SMILES string of the molecule is CN(C)C1CCCN(C(=O)/C=C/c2cn(-c3ccccc3)nc2-c2cccs2)C1. The van der Waals surface area contributed by atoms with E-state index in [2.05, 4.69) is 25.1 Å². The third-order valence-electron chi connectivity index (χ3n) is 5.36. The van der Waals surface area contributed by atoms with E-state index in [4.69, 9.17) is 5.10 Å². The van der Waals surface area contributed by atoms with Crippen molar-refractivity contribution >= 4 is 23.3 Å². The van der Waals surface area contributed by atoms with Crippen molar-refractivity contribution in [2.45, 2.75) is 18.9 Å². The Morgan fingerprint density at radius 3 is 2.76 bits per heavy atom. The Hall–Kier alpha value is -2.70. The van der Waals surface area contributed by atoms with Gasteiger partial charge in [0.25, 0.3) is 0 Å². The predicted molar refractivity (Wildman–Crippen MR) is 119 cm³/mol. The zero-order valence-electron chi connectivity index (χ0n) is 16.9. The summed E-state index contributed by atoms with van der Waals surface area (Å²) in [5.74, 6) is 0.0705. The molecule has 1 amide bonds. The Kier molecular flexibility index (Phi) is 5.92. The number of carbonyl (C=O) groups excluding carboxylic acids is 1. The van der Waals surface area contributed by atoms with Gasteiger partial charge in [0.1, 0.15) is 5.69 Å². The van der Waals surface area contributed by atoms with Gasteiger partial charge in [-0.05, 0) is 56.6 Å². The van der Waals surface area contributed by atoms with Crippen LogP contribution in [0.15, 0.2) is 60.1 Å². The van der Waals surface area contributed by atoms with Crippen molar-refractivity contribution in [3.63, 3.8) is 0 Å². The zero-order valence-corrected chi connectivity index (χ0v) is 17.7. The molecule has 3 aromatic rings. The number of piperidine rings is 1. The maximum atomic E-state index is 12.8. The summed E-state index contributed by atoms with van der Waals surface area (Å²) in [5, 5.41) is 6.84. The molecule has 29 heavy (non-hydrogen) atoms. The molecular formula is C23H26N4OS. The second kappa shape index (κ2) is 8.76. The van der Waals surface area contributed by atoms with E-state index in [1.54, 1.807) is 17.4 Å². The first-order valence-electron chi connectivity index (χ1n) is 9.94. The van der Waals surface area contributed by atoms with Crippen LogP contribution in [0.25, 0.3) is 22.3 Å². The second-order valence-corrected chi connectivity index (χ2v) is 8.52. The molecule has 1 aromatic carbocycles. The zero-order chi connectivity index (χ0) is 20.2. The lowest BCUT2D eigenvalue weighted by molar-refractivity contribution is -0.127. The van der Waals surface area contributed by atoms with Crippen LogP contribution in [-0.2, 0) is 4.79 Å². The topological polar surface area (TPSA) is 41.4 Å². The molecule has 1 fully saturated rings. The lowest BCUT2D eigenvalue weighted by Gasteiger charge is -2.35. The Morgan fingerprint density at radius 1 is 1.21 bits per heavy atom. The first-order chi connectivity index (χ1) is 14.1. The second-order valence-electron chi connectivity index (χ2n) is 7.57. The molecule has 4 rings (SSSR count). The molecule has 6 heteroatoms. The van der Waals surface area contributed by atoms with Crippen molar-refractivity contribution in [1.82, 2.24) is 19.6 Å². The fraction of sp³-hybridized carbons (Fsp3) is 0.304. The Balaban J connectivity index is 1.59. The van der Waals surface area contributed by atoms with Crippen molar-refractivity contribution < 1.29 is 4.79 Å². The van der Waals surface area contributed by atoms with E-state index in [1.807, 2.05) is 63.6 Å². The molecule has 0 spiro atoms. The molecule has 1 unspecified atom stereocenters. The van der Waals surface area contributed by atoms with Crippen LogP contribution in [0.4, 0.5) is 0 Å². The van der Waals surface area contributed by atoms with Gasteiger partial charge in [0.2, 0.25) is 5.91 Å². The van der Waals surface area contributed by atoms with Gasteiger partial charge in [0.15, 0.2) is 0 Å². The number of nitrogens with zero attached hydrogens (tertiary/aromatic N) is 4. The largest absolute Gasteiger partial charge is 0.338 e. The van der Waals surface area contributed by atoms with E-state index in [-0.39, 0.29) is 5.91 Å². The van der Waals surface area contributed by atoms with Gasteiger partial charge in [-0.3, -0.25) is 4.79 Å². The predicted octanol–water partition coefficient (Wildman–Crippen LogP) is 4.17. The number of benzene rings is 1. The minimum absolute atomic E-state index is 0.0705. The lowest BCUT2D eigenvalue weighted by atomic mass is 10.0. The van der Waals surface area contributed by atoms with Crippen LogP contribution in [0.2, 0.25) is 0 Å². The van der Waals surface area contributed by atoms with Crippen LogP contribution in [0, 0.1) is 0 Å². The van der Waals surface area contributed by atoms with Gasteiger partial charge >= 0.3 is 0 Å². The summed E-state index contributed by atoms with van der Waals surface area (Å²) >= 11 is 1.65. The van der Waals surface area contributed by atoms with Crippen LogP contribution in [0.1, 0.15) is 18.4 Å². The number of carbonyl (C=O) groups is 1. The number of hydrogen-bond acceptors (Lipinski definition) is 4. The van der Waals surface area contributed by atoms with E-state index < -0.39 is 0 Å². The van der Waals surface area contributed by atoms with Crippen molar-refractivity contribution in [3.8, 4) is 16.3 Å². The third kappa shape index (κ3) is 4.49.